The van der Waals surface area contributed by atoms with Gasteiger partial charge in [0.05, 0.1) is 11.1 Å². The van der Waals surface area contributed by atoms with Crippen LogP contribution in [0.25, 0.3) is 0 Å². The lowest BCUT2D eigenvalue weighted by Crippen LogP contribution is -2.19. The third-order valence-electron chi connectivity index (χ3n) is 2.28. The zero-order valence-electron chi connectivity index (χ0n) is 7.87. The number of halogens is 1. The van der Waals surface area contributed by atoms with Gasteiger partial charge in [0.2, 0.25) is 0 Å². The molecule has 0 spiro atoms. The van der Waals surface area contributed by atoms with Crippen LogP contribution in [0.15, 0.2) is 18.3 Å². The van der Waals surface area contributed by atoms with Crippen LogP contribution in [0.2, 0.25) is 5.02 Å². The van der Waals surface area contributed by atoms with Crippen molar-refractivity contribution in [2.24, 2.45) is 0 Å². The quantitative estimate of drug-likeness (QED) is 0.835. The number of nitrogens with zero attached hydrogens (tertiary/aromatic N) is 1. The molecule has 1 saturated heterocycles. The highest BCUT2D eigenvalue weighted by Gasteiger charge is 2.15. The normalized spacial score (nSPS) is 21.1. The predicted molar refractivity (Wildman–Crippen MR) is 56.7 cm³/mol. The summed E-state index contributed by atoms with van der Waals surface area (Å²) in [5.41, 5.74) is 0. The molecule has 2 rings (SSSR count). The van der Waals surface area contributed by atoms with Crippen molar-refractivity contribution in [3.63, 3.8) is 0 Å². The molecule has 0 radical (unpaired) electrons. The third-order valence-corrected chi connectivity index (χ3v) is 2.58. The van der Waals surface area contributed by atoms with Crippen molar-refractivity contribution < 1.29 is 4.74 Å². The molecule has 2 heterocycles. The molecule has 1 aliphatic rings. The third kappa shape index (κ3) is 2.36. The van der Waals surface area contributed by atoms with Crippen LogP contribution in [0, 0.1) is 0 Å². The van der Waals surface area contributed by atoms with E-state index in [1.807, 2.05) is 12.1 Å². The van der Waals surface area contributed by atoms with Gasteiger partial charge in [0.15, 0.2) is 0 Å². The van der Waals surface area contributed by atoms with E-state index in [-0.39, 0.29) is 0 Å². The number of hydrogen-bond acceptors (Lipinski definition) is 3. The summed E-state index contributed by atoms with van der Waals surface area (Å²) in [5, 5.41) is 3.84. The van der Waals surface area contributed by atoms with Crippen molar-refractivity contribution in [3.05, 3.63) is 23.4 Å². The van der Waals surface area contributed by atoms with E-state index in [0.29, 0.717) is 11.1 Å². The highest BCUT2D eigenvalue weighted by molar-refractivity contribution is 6.32. The predicted octanol–water partition coefficient (Wildman–Crippen LogP) is 2.33. The Morgan fingerprint density at radius 2 is 2.57 bits per heavy atom. The fourth-order valence-corrected chi connectivity index (χ4v) is 1.72. The van der Waals surface area contributed by atoms with Gasteiger partial charge in [0, 0.05) is 19.3 Å². The highest BCUT2D eigenvalue weighted by Crippen LogP contribution is 2.18. The minimum atomic E-state index is 0.313. The minimum absolute atomic E-state index is 0.313. The summed E-state index contributed by atoms with van der Waals surface area (Å²) in [6.07, 6.45) is 4.32. The molecule has 3 nitrogen and oxygen atoms in total. The summed E-state index contributed by atoms with van der Waals surface area (Å²) < 4.78 is 5.48. The van der Waals surface area contributed by atoms with Gasteiger partial charge < -0.3 is 10.1 Å². The molecule has 0 amide bonds. The zero-order chi connectivity index (χ0) is 9.80. The van der Waals surface area contributed by atoms with Gasteiger partial charge in [0.1, 0.15) is 5.82 Å². The molecule has 0 aromatic carbocycles. The SMILES string of the molecule is Clc1cccnc1NCC1CCCO1. The van der Waals surface area contributed by atoms with Crippen molar-refractivity contribution >= 4 is 17.4 Å². The van der Waals surface area contributed by atoms with Crippen molar-refractivity contribution in [2.75, 3.05) is 18.5 Å². The molecule has 1 aliphatic heterocycles. The van der Waals surface area contributed by atoms with Gasteiger partial charge in [0.25, 0.3) is 0 Å². The molecule has 1 atom stereocenters. The molecule has 0 saturated carbocycles. The number of ether oxygens (including phenoxy) is 1. The molecular formula is C10H13ClN2O. The first-order valence-electron chi connectivity index (χ1n) is 4.82. The average Bonchev–Trinajstić information content (AvgIpc) is 2.69. The van der Waals surface area contributed by atoms with E-state index in [9.17, 15) is 0 Å². The smallest absolute Gasteiger partial charge is 0.144 e. The maximum absolute atomic E-state index is 5.94. The van der Waals surface area contributed by atoms with E-state index in [4.69, 9.17) is 16.3 Å². The second kappa shape index (κ2) is 4.62. The standard InChI is InChI=1S/C10H13ClN2O/c11-9-4-1-5-12-10(9)13-7-8-3-2-6-14-8/h1,4-5,8H,2-3,6-7H2,(H,12,13). The van der Waals surface area contributed by atoms with E-state index in [2.05, 4.69) is 10.3 Å². The van der Waals surface area contributed by atoms with Crippen LogP contribution in [0.3, 0.4) is 0 Å². The zero-order valence-corrected chi connectivity index (χ0v) is 8.63. The van der Waals surface area contributed by atoms with Crippen molar-refractivity contribution in [3.8, 4) is 0 Å². The number of hydrogen-bond donors (Lipinski definition) is 1. The molecule has 14 heavy (non-hydrogen) atoms. The fraction of sp³-hybridized carbons (Fsp3) is 0.500. The van der Waals surface area contributed by atoms with Crippen LogP contribution in [0.1, 0.15) is 12.8 Å². The minimum Gasteiger partial charge on any atom is -0.376 e. The summed E-state index contributed by atoms with van der Waals surface area (Å²) in [6, 6.07) is 3.64. The second-order valence-corrected chi connectivity index (χ2v) is 3.76. The van der Waals surface area contributed by atoms with Crippen molar-refractivity contribution in [1.29, 1.82) is 0 Å². The van der Waals surface area contributed by atoms with E-state index in [1.54, 1.807) is 6.20 Å². The molecule has 1 fully saturated rings. The first-order valence-corrected chi connectivity index (χ1v) is 5.20. The number of aromatic nitrogens is 1. The maximum Gasteiger partial charge on any atom is 0.144 e. The van der Waals surface area contributed by atoms with Crippen LogP contribution in [-0.2, 0) is 4.74 Å². The molecule has 1 aromatic rings. The molecular weight excluding hydrogens is 200 g/mol. The van der Waals surface area contributed by atoms with Gasteiger partial charge in [-0.25, -0.2) is 4.98 Å². The van der Waals surface area contributed by atoms with Gasteiger partial charge in [-0.15, -0.1) is 0 Å². The summed E-state index contributed by atoms with van der Waals surface area (Å²) in [6.45, 7) is 1.67. The van der Waals surface area contributed by atoms with E-state index in [1.165, 1.54) is 0 Å². The fourth-order valence-electron chi connectivity index (χ4n) is 1.53. The molecule has 0 bridgehead atoms. The Morgan fingerprint density at radius 1 is 1.64 bits per heavy atom. The molecule has 1 unspecified atom stereocenters. The topological polar surface area (TPSA) is 34.2 Å². The van der Waals surface area contributed by atoms with Crippen molar-refractivity contribution in [1.82, 2.24) is 4.98 Å². The maximum atomic E-state index is 5.94. The van der Waals surface area contributed by atoms with Crippen LogP contribution >= 0.6 is 11.6 Å². The average molecular weight is 213 g/mol. The first-order chi connectivity index (χ1) is 6.86. The number of nitrogens with one attached hydrogen (secondary N) is 1. The van der Waals surface area contributed by atoms with Gasteiger partial charge in [-0.05, 0) is 25.0 Å². The number of anilines is 1. The van der Waals surface area contributed by atoms with E-state index in [0.717, 1.165) is 31.8 Å². The Hall–Kier alpha value is -0.800. The van der Waals surface area contributed by atoms with Gasteiger partial charge in [-0.3, -0.25) is 0 Å². The highest BCUT2D eigenvalue weighted by atomic mass is 35.5. The molecule has 1 aromatic heterocycles. The first kappa shape index (κ1) is 9.74. The molecule has 76 valence electrons. The van der Waals surface area contributed by atoms with Crippen LogP contribution in [0.5, 0.6) is 0 Å². The van der Waals surface area contributed by atoms with E-state index < -0.39 is 0 Å². The second-order valence-electron chi connectivity index (χ2n) is 3.35. The molecule has 1 N–H and O–H groups in total. The van der Waals surface area contributed by atoms with Crippen LogP contribution in [0.4, 0.5) is 5.82 Å². The van der Waals surface area contributed by atoms with Gasteiger partial charge in [-0.2, -0.15) is 0 Å². The Balaban J connectivity index is 1.88. The largest absolute Gasteiger partial charge is 0.376 e. The molecule has 0 aliphatic carbocycles. The Kier molecular flexibility index (Phi) is 3.22. The monoisotopic (exact) mass is 212 g/mol. The van der Waals surface area contributed by atoms with Gasteiger partial charge in [-0.1, -0.05) is 11.6 Å². The van der Waals surface area contributed by atoms with Crippen LogP contribution < -0.4 is 5.32 Å². The lowest BCUT2D eigenvalue weighted by molar-refractivity contribution is 0.120. The lowest BCUT2D eigenvalue weighted by Gasteiger charge is -2.11. The lowest BCUT2D eigenvalue weighted by atomic mass is 10.2. The summed E-state index contributed by atoms with van der Waals surface area (Å²) in [7, 11) is 0. The summed E-state index contributed by atoms with van der Waals surface area (Å²) in [4.78, 5) is 4.14. The van der Waals surface area contributed by atoms with Crippen molar-refractivity contribution in [2.45, 2.75) is 18.9 Å². The molecule has 4 heteroatoms. The Labute approximate surface area is 88.4 Å². The number of pyridine rings is 1. The van der Waals surface area contributed by atoms with E-state index >= 15 is 0 Å². The van der Waals surface area contributed by atoms with Crippen LogP contribution in [-0.4, -0.2) is 24.2 Å². The summed E-state index contributed by atoms with van der Waals surface area (Å²) >= 11 is 5.94. The van der Waals surface area contributed by atoms with Gasteiger partial charge >= 0.3 is 0 Å². The Bertz CT molecular complexity index is 300. The number of rotatable bonds is 3. The summed E-state index contributed by atoms with van der Waals surface area (Å²) in [5.74, 6) is 0.740. The Morgan fingerprint density at radius 3 is 3.29 bits per heavy atom.